The molecule has 0 heterocycles. The number of halogens is 1. The molecule has 0 spiro atoms. The van der Waals surface area contributed by atoms with Crippen LogP contribution in [-0.2, 0) is 10.0 Å². The van der Waals surface area contributed by atoms with Crippen molar-refractivity contribution >= 4 is 21.4 Å². The van der Waals surface area contributed by atoms with E-state index in [2.05, 4.69) is 22.2 Å². The van der Waals surface area contributed by atoms with Gasteiger partial charge >= 0.3 is 0 Å². The minimum Gasteiger partial charge on any atom is -0.385 e. The van der Waals surface area contributed by atoms with E-state index in [9.17, 15) is 12.8 Å². The van der Waals surface area contributed by atoms with Gasteiger partial charge in [-0.15, -0.1) is 0 Å². The molecule has 0 radical (unpaired) electrons. The molecule has 0 saturated heterocycles. The monoisotopic (exact) mass is 298 g/mol. The van der Waals surface area contributed by atoms with Crippen LogP contribution < -0.4 is 10.0 Å². The van der Waals surface area contributed by atoms with Crippen molar-refractivity contribution in [1.29, 1.82) is 0 Å². The molecule has 0 aliphatic heterocycles. The molecule has 1 aromatic carbocycles. The number of nitrogens with one attached hydrogen (secondary N) is 2. The van der Waals surface area contributed by atoms with Gasteiger partial charge in [0.2, 0.25) is 10.0 Å². The lowest BCUT2D eigenvalue weighted by molar-refractivity contribution is 0.504. The molecule has 2 rings (SSSR count). The van der Waals surface area contributed by atoms with Gasteiger partial charge in [-0.05, 0) is 43.4 Å². The van der Waals surface area contributed by atoms with Crippen LogP contribution in [0.3, 0.4) is 0 Å². The molecule has 0 amide bonds. The van der Waals surface area contributed by atoms with Gasteiger partial charge in [-0.2, -0.15) is 0 Å². The summed E-state index contributed by atoms with van der Waals surface area (Å²) in [6, 6.07) is 4.35. The van der Waals surface area contributed by atoms with E-state index in [1.54, 1.807) is 6.07 Å². The first kappa shape index (κ1) is 14.8. The molecule has 0 bridgehead atoms. The van der Waals surface area contributed by atoms with Crippen molar-refractivity contribution in [3.63, 3.8) is 0 Å². The Hall–Kier alpha value is -1.56. The zero-order valence-corrected chi connectivity index (χ0v) is 12.2. The predicted molar refractivity (Wildman–Crippen MR) is 79.8 cm³/mol. The van der Waals surface area contributed by atoms with Crippen molar-refractivity contribution in [2.75, 3.05) is 22.8 Å². The quantitative estimate of drug-likeness (QED) is 0.822. The number of rotatable bonds is 5. The summed E-state index contributed by atoms with van der Waals surface area (Å²) in [6.07, 6.45) is 8.64. The molecule has 1 aromatic rings. The Morgan fingerprint density at radius 1 is 1.35 bits per heavy atom. The summed E-state index contributed by atoms with van der Waals surface area (Å²) in [5.74, 6) is -0.0158. The van der Waals surface area contributed by atoms with Gasteiger partial charge in [0.1, 0.15) is 5.82 Å². The Bertz CT molecular complexity index is 599. The number of allylic oxidation sites excluding steroid dienone is 2. The Labute approximate surface area is 119 Å². The lowest BCUT2D eigenvalue weighted by Crippen LogP contribution is -2.16. The molecular weight excluding hydrogens is 279 g/mol. The molecule has 1 aliphatic carbocycles. The van der Waals surface area contributed by atoms with Crippen molar-refractivity contribution in [1.82, 2.24) is 0 Å². The van der Waals surface area contributed by atoms with Crippen molar-refractivity contribution in [3.05, 3.63) is 36.2 Å². The molecule has 0 aromatic heterocycles. The van der Waals surface area contributed by atoms with Gasteiger partial charge in [0.25, 0.3) is 0 Å². The molecule has 110 valence electrons. The molecule has 4 nitrogen and oxygen atoms in total. The highest BCUT2D eigenvalue weighted by atomic mass is 32.2. The van der Waals surface area contributed by atoms with Crippen molar-refractivity contribution in [3.8, 4) is 0 Å². The van der Waals surface area contributed by atoms with Crippen LogP contribution in [0.15, 0.2) is 30.4 Å². The standard InChI is InChI=1S/C14H19FN2O2S/c1-20(18,19)17-14-9-12(7-8-13(14)15)16-10-11-5-3-2-4-6-11/h2-3,7-9,11,16-17H,4-6,10H2,1H3. The van der Waals surface area contributed by atoms with E-state index < -0.39 is 15.8 Å². The molecule has 1 unspecified atom stereocenters. The maximum absolute atomic E-state index is 13.5. The largest absolute Gasteiger partial charge is 0.385 e. The Balaban J connectivity index is 2.01. The second kappa shape index (κ2) is 6.26. The molecule has 1 aliphatic rings. The molecule has 2 N–H and O–H groups in total. The SMILES string of the molecule is CS(=O)(=O)Nc1cc(NCC2CC=CCC2)ccc1F. The van der Waals surface area contributed by atoms with E-state index in [1.165, 1.54) is 12.1 Å². The van der Waals surface area contributed by atoms with Crippen LogP contribution in [0.5, 0.6) is 0 Å². The van der Waals surface area contributed by atoms with Crippen molar-refractivity contribution in [2.24, 2.45) is 5.92 Å². The summed E-state index contributed by atoms with van der Waals surface area (Å²) in [6.45, 7) is 0.800. The van der Waals surface area contributed by atoms with E-state index in [1.807, 2.05) is 0 Å². The van der Waals surface area contributed by atoms with E-state index in [0.717, 1.165) is 32.1 Å². The zero-order valence-electron chi connectivity index (χ0n) is 11.4. The van der Waals surface area contributed by atoms with Crippen LogP contribution in [-0.4, -0.2) is 21.2 Å². The normalized spacial score (nSPS) is 18.8. The number of hydrogen-bond acceptors (Lipinski definition) is 3. The Morgan fingerprint density at radius 2 is 2.15 bits per heavy atom. The average molecular weight is 298 g/mol. The van der Waals surface area contributed by atoms with Crippen molar-refractivity contribution in [2.45, 2.75) is 19.3 Å². The number of benzene rings is 1. The van der Waals surface area contributed by atoms with E-state index >= 15 is 0 Å². The second-order valence-electron chi connectivity index (χ2n) is 5.10. The van der Waals surface area contributed by atoms with Gasteiger partial charge in [-0.25, -0.2) is 12.8 Å². The highest BCUT2D eigenvalue weighted by Crippen LogP contribution is 2.23. The summed E-state index contributed by atoms with van der Waals surface area (Å²) in [5, 5.41) is 3.23. The fourth-order valence-corrected chi connectivity index (χ4v) is 2.77. The fourth-order valence-electron chi connectivity index (χ4n) is 2.22. The average Bonchev–Trinajstić information content (AvgIpc) is 2.39. The summed E-state index contributed by atoms with van der Waals surface area (Å²) < 4.78 is 38.0. The van der Waals surface area contributed by atoms with Gasteiger partial charge in [0.05, 0.1) is 11.9 Å². The predicted octanol–water partition coefficient (Wildman–Crippen LogP) is 2.97. The number of hydrogen-bond donors (Lipinski definition) is 2. The van der Waals surface area contributed by atoms with Crippen molar-refractivity contribution < 1.29 is 12.8 Å². The third kappa shape index (κ3) is 4.52. The first-order valence-corrected chi connectivity index (χ1v) is 8.49. The van der Waals surface area contributed by atoms with Crippen LogP contribution in [0, 0.1) is 11.7 Å². The highest BCUT2D eigenvalue weighted by molar-refractivity contribution is 7.92. The first-order chi connectivity index (χ1) is 9.44. The first-order valence-electron chi connectivity index (χ1n) is 6.60. The van der Waals surface area contributed by atoms with E-state index in [0.29, 0.717) is 11.6 Å². The highest BCUT2D eigenvalue weighted by Gasteiger charge is 2.11. The minimum atomic E-state index is -3.48. The maximum Gasteiger partial charge on any atom is 0.229 e. The van der Waals surface area contributed by atoms with Gasteiger partial charge < -0.3 is 5.32 Å². The van der Waals surface area contributed by atoms with Crippen LogP contribution in [0.25, 0.3) is 0 Å². The summed E-state index contributed by atoms with van der Waals surface area (Å²) in [5.41, 5.74) is 0.688. The second-order valence-corrected chi connectivity index (χ2v) is 6.85. The number of sulfonamides is 1. The molecule has 0 fully saturated rings. The van der Waals surface area contributed by atoms with Gasteiger partial charge in [0.15, 0.2) is 0 Å². The smallest absolute Gasteiger partial charge is 0.229 e. The third-order valence-electron chi connectivity index (χ3n) is 3.23. The lowest BCUT2D eigenvalue weighted by atomic mass is 9.94. The lowest BCUT2D eigenvalue weighted by Gasteiger charge is -2.19. The molecule has 20 heavy (non-hydrogen) atoms. The van der Waals surface area contributed by atoms with Gasteiger partial charge in [-0.3, -0.25) is 4.72 Å². The molecule has 0 saturated carbocycles. The van der Waals surface area contributed by atoms with Crippen LogP contribution in [0.1, 0.15) is 19.3 Å². The maximum atomic E-state index is 13.5. The molecule has 1 atom stereocenters. The fraction of sp³-hybridized carbons (Fsp3) is 0.429. The Morgan fingerprint density at radius 3 is 2.80 bits per heavy atom. The van der Waals surface area contributed by atoms with E-state index in [-0.39, 0.29) is 5.69 Å². The third-order valence-corrected chi connectivity index (χ3v) is 3.82. The molecule has 6 heteroatoms. The minimum absolute atomic E-state index is 0.0268. The zero-order chi connectivity index (χ0) is 14.6. The van der Waals surface area contributed by atoms with Gasteiger partial charge in [-0.1, -0.05) is 12.2 Å². The number of anilines is 2. The topological polar surface area (TPSA) is 58.2 Å². The Kier molecular flexibility index (Phi) is 4.65. The van der Waals surface area contributed by atoms with Crippen LogP contribution in [0.2, 0.25) is 0 Å². The van der Waals surface area contributed by atoms with Crippen LogP contribution in [0.4, 0.5) is 15.8 Å². The van der Waals surface area contributed by atoms with Gasteiger partial charge in [0, 0.05) is 12.2 Å². The summed E-state index contributed by atoms with van der Waals surface area (Å²) in [4.78, 5) is 0. The summed E-state index contributed by atoms with van der Waals surface area (Å²) in [7, 11) is -3.48. The molecular formula is C14H19FN2O2S. The van der Waals surface area contributed by atoms with E-state index in [4.69, 9.17) is 0 Å². The van der Waals surface area contributed by atoms with Crippen LogP contribution >= 0.6 is 0 Å². The summed E-state index contributed by atoms with van der Waals surface area (Å²) >= 11 is 0.